The van der Waals surface area contributed by atoms with Gasteiger partial charge in [0.05, 0.1) is 6.26 Å². The van der Waals surface area contributed by atoms with Gasteiger partial charge in [0.2, 0.25) is 5.95 Å². The van der Waals surface area contributed by atoms with E-state index in [0.29, 0.717) is 17.2 Å². The second kappa shape index (κ2) is 4.60. The van der Waals surface area contributed by atoms with Crippen molar-refractivity contribution in [2.24, 2.45) is 5.10 Å². The molecule has 0 radical (unpaired) electrons. The predicted octanol–water partition coefficient (Wildman–Crippen LogP) is 0.902. The molecule has 0 spiro atoms. The molecule has 0 saturated carbocycles. The van der Waals surface area contributed by atoms with Crippen LogP contribution in [0.4, 0.5) is 5.95 Å². The number of nitrogens with one attached hydrogen (secondary N) is 2. The highest BCUT2D eigenvalue weighted by Gasteiger charge is 2.01. The normalized spacial score (nSPS) is 11.5. The van der Waals surface area contributed by atoms with E-state index >= 15 is 0 Å². The highest BCUT2D eigenvalue weighted by atomic mass is 16.3. The molecule has 0 aromatic carbocycles. The zero-order valence-corrected chi connectivity index (χ0v) is 9.39. The lowest BCUT2D eigenvalue weighted by atomic mass is 10.3. The fourth-order valence-corrected chi connectivity index (χ4v) is 1.12. The molecule has 7 nitrogen and oxygen atoms in total. The maximum absolute atomic E-state index is 11.2. The third-order valence-corrected chi connectivity index (χ3v) is 2.07. The van der Waals surface area contributed by atoms with E-state index in [1.807, 2.05) is 0 Å². The van der Waals surface area contributed by atoms with Gasteiger partial charge in [0.25, 0.3) is 5.56 Å². The Morgan fingerprint density at radius 2 is 2.35 bits per heavy atom. The zero-order valence-electron chi connectivity index (χ0n) is 9.39. The minimum Gasteiger partial charge on any atom is -0.463 e. The van der Waals surface area contributed by atoms with Crippen molar-refractivity contribution in [3.05, 3.63) is 40.2 Å². The lowest BCUT2D eigenvalue weighted by Gasteiger charge is -1.99. The van der Waals surface area contributed by atoms with E-state index in [2.05, 4.69) is 25.7 Å². The molecule has 0 aliphatic carbocycles. The summed E-state index contributed by atoms with van der Waals surface area (Å²) in [5, 5.41) is 11.4. The van der Waals surface area contributed by atoms with Crippen LogP contribution in [-0.2, 0) is 0 Å². The van der Waals surface area contributed by atoms with Crippen LogP contribution in [0, 0.1) is 6.92 Å². The summed E-state index contributed by atoms with van der Waals surface area (Å²) < 4.78 is 5.15. The molecule has 0 aliphatic rings. The fraction of sp³-hybridized carbons (Fsp3) is 0.200. The van der Waals surface area contributed by atoms with Crippen LogP contribution in [0.25, 0.3) is 0 Å². The molecule has 2 aromatic rings. The summed E-state index contributed by atoms with van der Waals surface area (Å²) in [6, 6.07) is 3.55. The molecule has 2 aromatic heterocycles. The van der Waals surface area contributed by atoms with Gasteiger partial charge in [0, 0.05) is 0 Å². The van der Waals surface area contributed by atoms with E-state index in [1.54, 1.807) is 32.2 Å². The minimum atomic E-state index is -0.298. The number of anilines is 1. The molecule has 17 heavy (non-hydrogen) atoms. The lowest BCUT2D eigenvalue weighted by molar-refractivity contribution is 0.557. The van der Waals surface area contributed by atoms with E-state index in [4.69, 9.17) is 4.42 Å². The Balaban J connectivity index is 2.14. The van der Waals surface area contributed by atoms with Gasteiger partial charge in [-0.3, -0.25) is 9.78 Å². The average molecular weight is 233 g/mol. The molecule has 7 heteroatoms. The van der Waals surface area contributed by atoms with Crippen molar-refractivity contribution in [1.82, 2.24) is 15.2 Å². The van der Waals surface area contributed by atoms with E-state index in [-0.39, 0.29) is 11.5 Å². The highest BCUT2D eigenvalue weighted by Crippen LogP contribution is 2.02. The fourth-order valence-electron chi connectivity index (χ4n) is 1.12. The van der Waals surface area contributed by atoms with Crippen LogP contribution in [0.15, 0.2) is 32.7 Å². The first-order chi connectivity index (χ1) is 8.16. The lowest BCUT2D eigenvalue weighted by Crippen LogP contribution is -2.15. The number of hydrazone groups is 1. The number of H-pyrrole nitrogens is 1. The number of aromatic amines is 1. The Hall–Kier alpha value is -2.44. The smallest absolute Gasteiger partial charge is 0.274 e. The number of nitrogens with zero attached hydrogens (tertiary/aromatic N) is 3. The molecule has 0 saturated heterocycles. The highest BCUT2D eigenvalue weighted by molar-refractivity contribution is 5.96. The number of hydrogen-bond donors (Lipinski definition) is 2. The second-order valence-electron chi connectivity index (χ2n) is 3.37. The van der Waals surface area contributed by atoms with Gasteiger partial charge in [-0.2, -0.15) is 5.10 Å². The molecule has 2 rings (SSSR count). The Labute approximate surface area is 96.6 Å². The van der Waals surface area contributed by atoms with Crippen LogP contribution in [0.3, 0.4) is 0 Å². The van der Waals surface area contributed by atoms with Crippen molar-refractivity contribution in [3.8, 4) is 0 Å². The molecule has 0 unspecified atom stereocenters. The predicted molar refractivity (Wildman–Crippen MR) is 61.9 cm³/mol. The Morgan fingerprint density at radius 1 is 1.53 bits per heavy atom. The molecule has 0 aliphatic heterocycles. The third-order valence-electron chi connectivity index (χ3n) is 2.07. The van der Waals surface area contributed by atoms with Crippen molar-refractivity contribution < 1.29 is 4.42 Å². The van der Waals surface area contributed by atoms with Crippen LogP contribution in [0.2, 0.25) is 0 Å². The van der Waals surface area contributed by atoms with Gasteiger partial charge in [0.15, 0.2) is 0 Å². The summed E-state index contributed by atoms with van der Waals surface area (Å²) in [7, 11) is 0. The monoisotopic (exact) mass is 233 g/mol. The van der Waals surface area contributed by atoms with Gasteiger partial charge in [-0.05, 0) is 26.0 Å². The van der Waals surface area contributed by atoms with Gasteiger partial charge < -0.3 is 4.42 Å². The van der Waals surface area contributed by atoms with Crippen molar-refractivity contribution in [2.75, 3.05) is 5.43 Å². The Morgan fingerprint density at radius 3 is 3.00 bits per heavy atom. The van der Waals surface area contributed by atoms with Gasteiger partial charge in [-0.25, -0.2) is 5.43 Å². The largest absolute Gasteiger partial charge is 0.463 e. The topological polar surface area (TPSA) is 96.2 Å². The quantitative estimate of drug-likeness (QED) is 0.606. The minimum absolute atomic E-state index is 0.187. The van der Waals surface area contributed by atoms with Crippen LogP contribution in [0.5, 0.6) is 0 Å². The standard InChI is InChI=1S/C10H11N5O2/c1-6(8-4-3-5-17-8)12-14-10-11-9(16)7(2)13-15-10/h3-5H,1-2H3,(H2,11,14,15,16)/b12-6-. The molecular weight excluding hydrogens is 222 g/mol. The summed E-state index contributed by atoms with van der Waals surface area (Å²) in [6.45, 7) is 3.35. The Bertz CT molecular complexity index is 585. The Kier molecular flexibility index (Phi) is 2.99. The van der Waals surface area contributed by atoms with Crippen LogP contribution in [-0.4, -0.2) is 20.9 Å². The summed E-state index contributed by atoms with van der Waals surface area (Å²) in [5.74, 6) is 0.825. The van der Waals surface area contributed by atoms with E-state index < -0.39 is 0 Å². The third kappa shape index (κ3) is 2.57. The summed E-state index contributed by atoms with van der Waals surface area (Å²) >= 11 is 0. The summed E-state index contributed by atoms with van der Waals surface area (Å²) in [6.07, 6.45) is 1.56. The number of furan rings is 1. The van der Waals surface area contributed by atoms with Gasteiger partial charge in [-0.1, -0.05) is 0 Å². The van der Waals surface area contributed by atoms with Gasteiger partial charge in [0.1, 0.15) is 17.2 Å². The van der Waals surface area contributed by atoms with E-state index in [9.17, 15) is 4.79 Å². The van der Waals surface area contributed by atoms with Crippen molar-refractivity contribution in [3.63, 3.8) is 0 Å². The van der Waals surface area contributed by atoms with Gasteiger partial charge >= 0.3 is 0 Å². The summed E-state index contributed by atoms with van der Waals surface area (Å²) in [4.78, 5) is 13.7. The molecule has 0 atom stereocenters. The van der Waals surface area contributed by atoms with E-state index in [0.717, 1.165) is 0 Å². The number of rotatable bonds is 3. The summed E-state index contributed by atoms with van der Waals surface area (Å²) in [5.41, 5.74) is 3.25. The first-order valence-electron chi connectivity index (χ1n) is 4.94. The number of hydrogen-bond acceptors (Lipinski definition) is 6. The molecule has 88 valence electrons. The average Bonchev–Trinajstić information content (AvgIpc) is 2.84. The van der Waals surface area contributed by atoms with Crippen molar-refractivity contribution >= 4 is 11.7 Å². The van der Waals surface area contributed by atoms with E-state index in [1.165, 1.54) is 0 Å². The molecule has 0 fully saturated rings. The van der Waals surface area contributed by atoms with Crippen molar-refractivity contribution in [2.45, 2.75) is 13.8 Å². The molecule has 2 N–H and O–H groups in total. The second-order valence-corrected chi connectivity index (χ2v) is 3.37. The maximum atomic E-state index is 11.2. The maximum Gasteiger partial charge on any atom is 0.274 e. The SMILES string of the molecule is C/C(=N/Nc1nnc(C)c(=O)[nH]1)c1ccco1. The van der Waals surface area contributed by atoms with Crippen LogP contribution in [0.1, 0.15) is 18.4 Å². The number of aromatic nitrogens is 3. The first-order valence-corrected chi connectivity index (χ1v) is 4.94. The first kappa shape index (κ1) is 11.1. The van der Waals surface area contributed by atoms with Gasteiger partial charge in [-0.15, -0.1) is 10.2 Å². The molecule has 0 amide bonds. The number of aryl methyl sites for hydroxylation is 1. The van der Waals surface area contributed by atoms with Crippen LogP contribution < -0.4 is 11.0 Å². The molecular formula is C10H11N5O2. The van der Waals surface area contributed by atoms with Crippen molar-refractivity contribution in [1.29, 1.82) is 0 Å². The zero-order chi connectivity index (χ0) is 12.3. The molecule has 0 bridgehead atoms. The molecule has 2 heterocycles. The van der Waals surface area contributed by atoms with Crippen LogP contribution >= 0.6 is 0 Å².